The number of ketones is 1. The van der Waals surface area contributed by atoms with Crippen LogP contribution in [-0.4, -0.2) is 27.5 Å². The Bertz CT molecular complexity index is 1270. The fourth-order valence-electron chi connectivity index (χ4n) is 3.86. The topological polar surface area (TPSA) is 81.7 Å². The highest BCUT2D eigenvalue weighted by atomic mass is 16.5. The number of para-hydroxylation sites is 1. The molecule has 0 aliphatic heterocycles. The lowest BCUT2D eigenvalue weighted by Gasteiger charge is -2.13. The maximum absolute atomic E-state index is 13.0. The fraction of sp³-hybridized carbons (Fsp3) is 0.200. The van der Waals surface area contributed by atoms with Crippen LogP contribution in [0.3, 0.4) is 0 Å². The average Bonchev–Trinajstić information content (AvgIpc) is 3.27. The van der Waals surface area contributed by atoms with Crippen LogP contribution >= 0.6 is 0 Å². The zero-order valence-corrected chi connectivity index (χ0v) is 17.6. The Hall–Kier alpha value is -3.80. The van der Waals surface area contributed by atoms with Crippen molar-refractivity contribution in [1.82, 2.24) is 4.57 Å². The van der Waals surface area contributed by atoms with Crippen molar-refractivity contribution in [2.24, 2.45) is 0 Å². The number of aryl methyl sites for hydroxylation is 1. The van der Waals surface area contributed by atoms with Gasteiger partial charge in [0.1, 0.15) is 11.3 Å². The zero-order valence-electron chi connectivity index (χ0n) is 17.6. The Balaban J connectivity index is 1.49. The van der Waals surface area contributed by atoms with E-state index in [0.29, 0.717) is 16.7 Å². The van der Waals surface area contributed by atoms with E-state index in [1.54, 1.807) is 13.0 Å². The number of benzene rings is 2. The third-order valence-corrected chi connectivity index (χ3v) is 5.36. The van der Waals surface area contributed by atoms with E-state index in [4.69, 9.17) is 9.15 Å². The molecule has 6 heteroatoms. The van der Waals surface area contributed by atoms with E-state index in [1.165, 1.54) is 18.4 Å². The molecule has 1 N–H and O–H groups in total. The van der Waals surface area contributed by atoms with Crippen LogP contribution in [0.2, 0.25) is 0 Å². The lowest BCUT2D eigenvalue weighted by Crippen LogP contribution is -2.25. The fourth-order valence-corrected chi connectivity index (χ4v) is 3.86. The van der Waals surface area contributed by atoms with Gasteiger partial charge in [-0.15, -0.1) is 0 Å². The van der Waals surface area contributed by atoms with Gasteiger partial charge in [0.05, 0.1) is 12.7 Å². The van der Waals surface area contributed by atoms with E-state index in [1.807, 2.05) is 54.8 Å². The minimum Gasteiger partial charge on any atom is -0.508 e. The molecule has 2 aromatic heterocycles. The summed E-state index contributed by atoms with van der Waals surface area (Å²) in [5, 5.41) is 10.3. The molecule has 0 radical (unpaired) electrons. The maximum Gasteiger partial charge on any atom is 0.311 e. The van der Waals surface area contributed by atoms with Gasteiger partial charge in [-0.05, 0) is 51.1 Å². The van der Waals surface area contributed by atoms with Crippen LogP contribution in [0.5, 0.6) is 5.75 Å². The van der Waals surface area contributed by atoms with Gasteiger partial charge in [0.15, 0.2) is 6.10 Å². The first-order valence-corrected chi connectivity index (χ1v) is 10.0. The predicted molar refractivity (Wildman–Crippen MR) is 117 cm³/mol. The van der Waals surface area contributed by atoms with E-state index >= 15 is 0 Å². The number of ether oxygens (including phenoxy) is 1. The quantitative estimate of drug-likeness (QED) is 0.356. The Morgan fingerprint density at radius 2 is 1.84 bits per heavy atom. The number of aromatic hydroxyl groups is 1. The molecule has 0 saturated heterocycles. The van der Waals surface area contributed by atoms with Gasteiger partial charge < -0.3 is 18.8 Å². The Labute approximate surface area is 179 Å². The molecular formula is C25H23NO5. The van der Waals surface area contributed by atoms with Crippen molar-refractivity contribution in [2.45, 2.75) is 33.3 Å². The summed E-state index contributed by atoms with van der Waals surface area (Å²) in [6.45, 7) is 5.41. The molecule has 0 amide bonds. The third kappa shape index (κ3) is 3.97. The highest BCUT2D eigenvalue weighted by Gasteiger charge is 2.25. The lowest BCUT2D eigenvalue weighted by molar-refractivity contribution is -0.145. The molecule has 0 bridgehead atoms. The number of carbonyl (C=O) groups excluding carboxylic acids is 2. The van der Waals surface area contributed by atoms with E-state index in [9.17, 15) is 14.7 Å². The summed E-state index contributed by atoms with van der Waals surface area (Å²) in [7, 11) is 0. The molecule has 6 nitrogen and oxygen atoms in total. The molecule has 0 aliphatic carbocycles. The summed E-state index contributed by atoms with van der Waals surface area (Å²) in [6, 6.07) is 16.3. The molecule has 2 aromatic carbocycles. The normalized spacial score (nSPS) is 12.1. The van der Waals surface area contributed by atoms with Gasteiger partial charge in [-0.25, -0.2) is 0 Å². The van der Waals surface area contributed by atoms with Crippen molar-refractivity contribution >= 4 is 22.7 Å². The lowest BCUT2D eigenvalue weighted by atomic mass is 10.1. The maximum atomic E-state index is 13.0. The molecule has 0 spiro atoms. The number of carbonyl (C=O) groups is 2. The number of Topliss-reactive ketones (excluding diaryl/α,β-unsaturated/α-hetero) is 1. The van der Waals surface area contributed by atoms with Crippen LogP contribution < -0.4 is 0 Å². The molecular weight excluding hydrogens is 394 g/mol. The van der Waals surface area contributed by atoms with Gasteiger partial charge in [-0.2, -0.15) is 0 Å². The number of esters is 1. The van der Waals surface area contributed by atoms with Crippen molar-refractivity contribution in [1.29, 1.82) is 0 Å². The molecule has 4 aromatic rings. The van der Waals surface area contributed by atoms with Crippen molar-refractivity contribution < 1.29 is 23.8 Å². The largest absolute Gasteiger partial charge is 0.508 e. The second-order valence-electron chi connectivity index (χ2n) is 7.57. The van der Waals surface area contributed by atoms with Crippen molar-refractivity contribution in [2.75, 3.05) is 0 Å². The number of hydrogen-bond donors (Lipinski definition) is 1. The van der Waals surface area contributed by atoms with Gasteiger partial charge in [0.2, 0.25) is 5.78 Å². The van der Waals surface area contributed by atoms with Crippen LogP contribution in [-0.2, 0) is 16.0 Å². The summed E-state index contributed by atoms with van der Waals surface area (Å²) in [4.78, 5) is 25.5. The van der Waals surface area contributed by atoms with Crippen LogP contribution in [0.25, 0.3) is 16.7 Å². The highest BCUT2D eigenvalue weighted by molar-refractivity contribution is 6.01. The molecule has 0 fully saturated rings. The predicted octanol–water partition coefficient (Wildman–Crippen LogP) is 4.90. The second-order valence-corrected chi connectivity index (χ2v) is 7.57. The number of phenolic OH excluding ortho intramolecular Hbond substituents is 1. The van der Waals surface area contributed by atoms with Crippen LogP contribution in [0, 0.1) is 13.8 Å². The summed E-state index contributed by atoms with van der Waals surface area (Å²) in [5.41, 5.74) is 4.36. The Morgan fingerprint density at radius 1 is 1.10 bits per heavy atom. The summed E-state index contributed by atoms with van der Waals surface area (Å²) < 4.78 is 12.8. The number of aromatic nitrogens is 1. The molecule has 4 rings (SSSR count). The van der Waals surface area contributed by atoms with E-state index in [0.717, 1.165) is 22.5 Å². The van der Waals surface area contributed by atoms with Crippen LogP contribution in [0.4, 0.5) is 0 Å². The molecule has 0 saturated carbocycles. The summed E-state index contributed by atoms with van der Waals surface area (Å²) in [5.74, 6) is -0.678. The van der Waals surface area contributed by atoms with Crippen molar-refractivity contribution in [3.05, 3.63) is 83.4 Å². The van der Waals surface area contributed by atoms with Gasteiger partial charge in [0, 0.05) is 39.7 Å². The standard InChI is InChI=1S/C25H23NO5/c1-15-11-22(16(2)26(15)19-7-5-4-6-8-19)25(29)17(3)31-24(28)12-18-14-30-23-13-20(27)9-10-21(18)23/h4-11,13-14,17,27H,12H2,1-3H3/t17-/m1/s1. The minimum absolute atomic E-state index is 0.0293. The molecule has 31 heavy (non-hydrogen) atoms. The van der Waals surface area contributed by atoms with E-state index in [-0.39, 0.29) is 18.0 Å². The smallest absolute Gasteiger partial charge is 0.311 e. The number of hydrogen-bond acceptors (Lipinski definition) is 5. The van der Waals surface area contributed by atoms with Crippen LogP contribution in [0.15, 0.2) is 65.3 Å². The number of furan rings is 1. The van der Waals surface area contributed by atoms with Gasteiger partial charge >= 0.3 is 5.97 Å². The Kier molecular flexibility index (Phi) is 5.38. The summed E-state index contributed by atoms with van der Waals surface area (Å²) >= 11 is 0. The monoisotopic (exact) mass is 417 g/mol. The number of nitrogens with zero attached hydrogens (tertiary/aromatic N) is 1. The van der Waals surface area contributed by atoms with Gasteiger partial charge in [-0.3, -0.25) is 9.59 Å². The van der Waals surface area contributed by atoms with Gasteiger partial charge in [0.25, 0.3) is 0 Å². The van der Waals surface area contributed by atoms with Crippen molar-refractivity contribution in [3.63, 3.8) is 0 Å². The number of rotatable bonds is 6. The second kappa shape index (κ2) is 8.14. The molecule has 1 atom stereocenters. The molecule has 2 heterocycles. The van der Waals surface area contributed by atoms with Crippen molar-refractivity contribution in [3.8, 4) is 11.4 Å². The van der Waals surface area contributed by atoms with E-state index in [2.05, 4.69) is 0 Å². The first kappa shape index (κ1) is 20.5. The first-order chi connectivity index (χ1) is 14.8. The minimum atomic E-state index is -0.917. The van der Waals surface area contributed by atoms with E-state index < -0.39 is 12.1 Å². The molecule has 158 valence electrons. The van der Waals surface area contributed by atoms with Crippen LogP contribution in [0.1, 0.15) is 34.2 Å². The average molecular weight is 417 g/mol. The molecule has 0 unspecified atom stereocenters. The summed E-state index contributed by atoms with van der Waals surface area (Å²) in [6.07, 6.45) is 0.517. The third-order valence-electron chi connectivity index (χ3n) is 5.36. The molecule has 0 aliphatic rings. The van der Waals surface area contributed by atoms with Gasteiger partial charge in [-0.1, -0.05) is 18.2 Å². The zero-order chi connectivity index (χ0) is 22.1. The number of fused-ring (bicyclic) bond motifs is 1. The Morgan fingerprint density at radius 3 is 2.58 bits per heavy atom. The first-order valence-electron chi connectivity index (χ1n) is 10.0. The number of phenols is 1. The highest BCUT2D eigenvalue weighted by Crippen LogP contribution is 2.26. The SMILES string of the molecule is Cc1cc(C(=O)[C@@H](C)OC(=O)Cc2coc3cc(O)ccc23)c(C)n1-c1ccccc1.